The first-order valence-corrected chi connectivity index (χ1v) is 9.32. The number of hydrogen-bond donors (Lipinski definition) is 0. The van der Waals surface area contributed by atoms with Crippen LogP contribution in [0.5, 0.6) is 0 Å². The second-order valence-corrected chi connectivity index (χ2v) is 8.20. The maximum atomic E-state index is 6.35. The van der Waals surface area contributed by atoms with Gasteiger partial charge >= 0.3 is 0 Å². The van der Waals surface area contributed by atoms with Crippen LogP contribution >= 0.6 is 70.1 Å². The molecule has 0 saturated heterocycles. The molecule has 0 spiro atoms. The molecule has 0 bridgehead atoms. The zero-order chi connectivity index (χ0) is 17.1. The summed E-state index contributed by atoms with van der Waals surface area (Å²) in [5.74, 6) is 0. The largest absolute Gasteiger partial charge is 0.367 e. The average Bonchev–Trinajstić information content (AvgIpc) is 3.13. The van der Waals surface area contributed by atoms with Crippen molar-refractivity contribution in [2.24, 2.45) is 0 Å². The molecule has 1 unspecified atom stereocenters. The lowest BCUT2D eigenvalue weighted by molar-refractivity contribution is 0.0282. The molecule has 3 aromatic rings. The normalized spacial score (nSPS) is 12.0. The minimum absolute atomic E-state index is 0. The van der Waals surface area contributed by atoms with E-state index >= 15 is 0 Å². The lowest BCUT2D eigenvalue weighted by Gasteiger charge is -2.20. The standard InChI is InChI=1S/C16H12Cl4N2OS.ClH/c17-11-1-2-12(13(18)6-11)14(7-22-4-3-21-9-22)23-8-10-5-15(19)24-16(10)20;/h1-6,9,14H,7-8H2;1H. The van der Waals surface area contributed by atoms with Crippen LogP contribution in [0.2, 0.25) is 18.7 Å². The monoisotopic (exact) mass is 456 g/mol. The van der Waals surface area contributed by atoms with Crippen molar-refractivity contribution in [2.75, 3.05) is 0 Å². The third-order valence-electron chi connectivity index (χ3n) is 3.41. The van der Waals surface area contributed by atoms with E-state index in [9.17, 15) is 0 Å². The quantitative estimate of drug-likeness (QED) is 0.400. The molecule has 0 aliphatic carbocycles. The molecule has 0 saturated carbocycles. The molecule has 0 aliphatic rings. The molecular formula is C16H13Cl5N2OS. The Morgan fingerprint density at radius 1 is 1.16 bits per heavy atom. The van der Waals surface area contributed by atoms with Crippen molar-refractivity contribution < 1.29 is 4.74 Å². The van der Waals surface area contributed by atoms with Crippen molar-refractivity contribution in [3.63, 3.8) is 0 Å². The molecule has 25 heavy (non-hydrogen) atoms. The first kappa shape index (κ1) is 20.8. The van der Waals surface area contributed by atoms with Gasteiger partial charge in [0, 0.05) is 33.6 Å². The number of aromatic nitrogens is 2. The van der Waals surface area contributed by atoms with Crippen molar-refractivity contribution in [3.8, 4) is 0 Å². The minimum Gasteiger partial charge on any atom is -0.367 e. The zero-order valence-corrected chi connectivity index (χ0v) is 17.3. The fourth-order valence-corrected chi connectivity index (χ4v) is 4.24. The lowest BCUT2D eigenvalue weighted by atomic mass is 10.1. The molecule has 0 N–H and O–H groups in total. The van der Waals surface area contributed by atoms with Crippen molar-refractivity contribution in [1.29, 1.82) is 0 Å². The van der Waals surface area contributed by atoms with Crippen LogP contribution in [0.25, 0.3) is 0 Å². The summed E-state index contributed by atoms with van der Waals surface area (Å²) in [6.45, 7) is 0.900. The Bertz CT molecular complexity index is 822. The molecule has 0 radical (unpaired) electrons. The van der Waals surface area contributed by atoms with Crippen LogP contribution in [0.1, 0.15) is 17.2 Å². The molecule has 1 atom stereocenters. The van der Waals surface area contributed by atoms with E-state index in [0.717, 1.165) is 11.1 Å². The molecule has 1 aromatic carbocycles. The van der Waals surface area contributed by atoms with Crippen molar-refractivity contribution >= 4 is 70.1 Å². The van der Waals surface area contributed by atoms with Gasteiger partial charge in [-0.2, -0.15) is 0 Å². The highest BCUT2D eigenvalue weighted by molar-refractivity contribution is 7.20. The Morgan fingerprint density at radius 3 is 2.56 bits per heavy atom. The molecule has 9 heteroatoms. The van der Waals surface area contributed by atoms with E-state index in [1.807, 2.05) is 22.9 Å². The molecule has 3 nitrogen and oxygen atoms in total. The Morgan fingerprint density at radius 2 is 1.96 bits per heavy atom. The van der Waals surface area contributed by atoms with E-state index in [1.54, 1.807) is 24.7 Å². The molecule has 0 amide bonds. The Hall–Kier alpha value is -0.460. The summed E-state index contributed by atoms with van der Waals surface area (Å²) in [5, 5.41) is 1.14. The van der Waals surface area contributed by atoms with Crippen molar-refractivity contribution in [1.82, 2.24) is 9.55 Å². The smallest absolute Gasteiger partial charge is 0.102 e. The molecule has 0 aliphatic heterocycles. The molecule has 0 fully saturated rings. The summed E-state index contributed by atoms with van der Waals surface area (Å²) in [7, 11) is 0. The fourth-order valence-electron chi connectivity index (χ4n) is 2.25. The highest BCUT2D eigenvalue weighted by atomic mass is 35.5. The highest BCUT2D eigenvalue weighted by Crippen LogP contribution is 2.34. The lowest BCUT2D eigenvalue weighted by Crippen LogP contribution is -2.12. The molecular weight excluding hydrogens is 446 g/mol. The van der Waals surface area contributed by atoms with Crippen LogP contribution in [-0.4, -0.2) is 9.55 Å². The van der Waals surface area contributed by atoms with Crippen LogP contribution < -0.4 is 0 Å². The van der Waals surface area contributed by atoms with Gasteiger partial charge in [-0.3, -0.25) is 0 Å². The summed E-state index contributed by atoms with van der Waals surface area (Å²) in [6.07, 6.45) is 5.04. The number of benzene rings is 1. The maximum absolute atomic E-state index is 6.35. The summed E-state index contributed by atoms with van der Waals surface area (Å²) in [5.41, 5.74) is 1.71. The van der Waals surface area contributed by atoms with Crippen molar-refractivity contribution in [2.45, 2.75) is 19.3 Å². The number of hydrogen-bond acceptors (Lipinski definition) is 3. The van der Waals surface area contributed by atoms with E-state index in [0.29, 0.717) is 31.9 Å². The van der Waals surface area contributed by atoms with Crippen LogP contribution in [0.4, 0.5) is 0 Å². The SMILES string of the molecule is Cl.Clc1ccc(C(Cn2ccnc2)OCc2cc(Cl)sc2Cl)c(Cl)c1. The third kappa shape index (κ3) is 5.51. The van der Waals surface area contributed by atoms with Gasteiger partial charge in [0.1, 0.15) is 6.10 Å². The first-order valence-electron chi connectivity index (χ1n) is 6.99. The van der Waals surface area contributed by atoms with Gasteiger partial charge in [0.2, 0.25) is 0 Å². The second kappa shape index (κ2) is 9.47. The fraction of sp³-hybridized carbons (Fsp3) is 0.188. The van der Waals surface area contributed by atoms with Crippen molar-refractivity contribution in [3.05, 3.63) is 72.8 Å². The first-order chi connectivity index (χ1) is 11.5. The van der Waals surface area contributed by atoms with Gasteiger partial charge in [0.15, 0.2) is 0 Å². The summed E-state index contributed by atoms with van der Waals surface area (Å²) in [4.78, 5) is 4.06. The van der Waals surface area contributed by atoms with Gasteiger partial charge in [-0.25, -0.2) is 4.98 Å². The van der Waals surface area contributed by atoms with Gasteiger partial charge in [-0.05, 0) is 18.2 Å². The van der Waals surface area contributed by atoms with Crippen LogP contribution in [0, 0.1) is 0 Å². The summed E-state index contributed by atoms with van der Waals surface area (Å²) >= 11 is 25.8. The predicted molar refractivity (Wildman–Crippen MR) is 108 cm³/mol. The molecule has 3 rings (SSSR count). The zero-order valence-electron chi connectivity index (χ0n) is 12.7. The Labute approximate surface area is 175 Å². The number of imidazole rings is 1. The van der Waals surface area contributed by atoms with E-state index in [2.05, 4.69) is 4.98 Å². The van der Waals surface area contributed by atoms with E-state index in [-0.39, 0.29) is 18.5 Å². The summed E-state index contributed by atoms with van der Waals surface area (Å²) in [6, 6.07) is 7.18. The number of nitrogens with zero attached hydrogens (tertiary/aromatic N) is 2. The minimum atomic E-state index is -0.279. The van der Waals surface area contributed by atoms with Gasteiger partial charge in [0.25, 0.3) is 0 Å². The number of rotatable bonds is 6. The molecule has 2 heterocycles. The molecule has 134 valence electrons. The summed E-state index contributed by atoms with van der Waals surface area (Å²) < 4.78 is 9.28. The van der Waals surface area contributed by atoms with Crippen LogP contribution in [-0.2, 0) is 17.9 Å². The van der Waals surface area contributed by atoms with Crippen LogP contribution in [0.15, 0.2) is 43.0 Å². The predicted octanol–water partition coefficient (Wildman–Crippen LogP) is 6.94. The Kier molecular flexibility index (Phi) is 7.90. The van der Waals surface area contributed by atoms with E-state index in [1.165, 1.54) is 11.3 Å². The third-order valence-corrected chi connectivity index (χ3v) is 5.54. The van der Waals surface area contributed by atoms with Gasteiger partial charge in [-0.15, -0.1) is 23.7 Å². The van der Waals surface area contributed by atoms with Crippen LogP contribution in [0.3, 0.4) is 0 Å². The second-order valence-electron chi connectivity index (χ2n) is 5.07. The highest BCUT2D eigenvalue weighted by Gasteiger charge is 2.18. The van der Waals surface area contributed by atoms with E-state index < -0.39 is 0 Å². The van der Waals surface area contributed by atoms with Gasteiger partial charge < -0.3 is 9.30 Å². The number of ether oxygens (including phenoxy) is 1. The van der Waals surface area contributed by atoms with Gasteiger partial charge in [-0.1, -0.05) is 52.5 Å². The topological polar surface area (TPSA) is 27.1 Å². The Balaban J connectivity index is 0.00000225. The van der Waals surface area contributed by atoms with Gasteiger partial charge in [0.05, 0.1) is 28.2 Å². The number of halogens is 5. The molecule has 2 aromatic heterocycles. The number of thiophene rings is 1. The maximum Gasteiger partial charge on any atom is 0.102 e. The average molecular weight is 459 g/mol. The van der Waals surface area contributed by atoms with E-state index in [4.69, 9.17) is 51.1 Å².